The van der Waals surface area contributed by atoms with Crippen LogP contribution in [-0.2, 0) is 10.3 Å². The highest BCUT2D eigenvalue weighted by atomic mass is 16.5. The van der Waals surface area contributed by atoms with E-state index >= 15 is 0 Å². The summed E-state index contributed by atoms with van der Waals surface area (Å²) in [4.78, 5) is 4.35. The van der Waals surface area contributed by atoms with Gasteiger partial charge in [0.15, 0.2) is 5.82 Å². The molecule has 0 aliphatic heterocycles. The van der Waals surface area contributed by atoms with Crippen molar-refractivity contribution in [3.8, 4) is 11.5 Å². The lowest BCUT2D eigenvalue weighted by molar-refractivity contribution is 0.135. The number of aromatic nitrogens is 2. The Hall–Kier alpha value is -2.18. The van der Waals surface area contributed by atoms with Crippen molar-refractivity contribution < 1.29 is 13.7 Å². The van der Waals surface area contributed by atoms with Gasteiger partial charge in [-0.3, -0.25) is 0 Å². The van der Waals surface area contributed by atoms with Crippen LogP contribution in [0.3, 0.4) is 0 Å². The Morgan fingerprint density at radius 2 is 2.15 bits per heavy atom. The van der Waals surface area contributed by atoms with Crippen LogP contribution in [0.2, 0.25) is 0 Å². The second kappa shape index (κ2) is 4.73. The predicted octanol–water partition coefficient (Wildman–Crippen LogP) is 2.30. The number of hydrogen-bond acceptors (Lipinski definition) is 6. The van der Waals surface area contributed by atoms with E-state index in [0.717, 1.165) is 16.5 Å². The van der Waals surface area contributed by atoms with Gasteiger partial charge in [-0.2, -0.15) is 4.98 Å². The third-order valence-corrected chi connectivity index (χ3v) is 3.09. The molecule has 1 aromatic carbocycles. The Morgan fingerprint density at radius 1 is 1.35 bits per heavy atom. The van der Waals surface area contributed by atoms with E-state index in [9.17, 15) is 0 Å². The van der Waals surface area contributed by atoms with Gasteiger partial charge in [0.1, 0.15) is 17.4 Å². The summed E-state index contributed by atoms with van der Waals surface area (Å²) in [5, 5.41) is 4.86. The molecule has 2 aromatic heterocycles. The second-order valence-electron chi connectivity index (χ2n) is 4.92. The zero-order valence-corrected chi connectivity index (χ0v) is 11.3. The average Bonchev–Trinajstić information content (AvgIpc) is 3.05. The zero-order chi connectivity index (χ0) is 14.2. The molecule has 2 heterocycles. The molecule has 0 saturated heterocycles. The standard InChI is InChI=1S/C14H15N3O3/c1-14(15,8-18-2)13-16-12(20-17-13)10-7-19-11-6-4-3-5-9(10)11/h3-7H,8,15H2,1-2H3. The third kappa shape index (κ3) is 2.09. The molecule has 0 radical (unpaired) electrons. The number of furan rings is 1. The summed E-state index contributed by atoms with van der Waals surface area (Å²) in [6, 6.07) is 7.66. The minimum atomic E-state index is -0.796. The molecule has 0 saturated carbocycles. The Morgan fingerprint density at radius 3 is 2.95 bits per heavy atom. The molecule has 0 amide bonds. The van der Waals surface area contributed by atoms with Crippen molar-refractivity contribution in [2.75, 3.05) is 13.7 Å². The summed E-state index contributed by atoms with van der Waals surface area (Å²) < 4.78 is 15.8. The van der Waals surface area contributed by atoms with Crippen LogP contribution in [0.15, 0.2) is 39.5 Å². The van der Waals surface area contributed by atoms with E-state index in [-0.39, 0.29) is 0 Å². The van der Waals surface area contributed by atoms with Gasteiger partial charge in [-0.05, 0) is 13.0 Å². The topological polar surface area (TPSA) is 87.3 Å². The molecular formula is C14H15N3O3. The van der Waals surface area contributed by atoms with E-state index in [1.165, 1.54) is 0 Å². The SMILES string of the molecule is COCC(C)(N)c1noc(-c2coc3ccccc23)n1. The van der Waals surface area contributed by atoms with Crippen molar-refractivity contribution in [2.24, 2.45) is 5.73 Å². The van der Waals surface area contributed by atoms with Crippen molar-refractivity contribution in [3.05, 3.63) is 36.4 Å². The number of methoxy groups -OCH3 is 1. The molecule has 0 spiro atoms. The number of nitrogens with zero attached hydrogens (tertiary/aromatic N) is 2. The summed E-state index contributed by atoms with van der Waals surface area (Å²) >= 11 is 0. The first-order valence-electron chi connectivity index (χ1n) is 6.20. The maximum absolute atomic E-state index is 6.09. The van der Waals surface area contributed by atoms with Crippen LogP contribution in [-0.4, -0.2) is 23.9 Å². The molecule has 1 atom stereocenters. The first-order valence-corrected chi connectivity index (χ1v) is 6.20. The molecule has 20 heavy (non-hydrogen) atoms. The van der Waals surface area contributed by atoms with E-state index in [1.54, 1.807) is 20.3 Å². The number of fused-ring (bicyclic) bond motifs is 1. The maximum atomic E-state index is 6.09. The molecule has 0 fully saturated rings. The lowest BCUT2D eigenvalue weighted by Crippen LogP contribution is -2.38. The summed E-state index contributed by atoms with van der Waals surface area (Å²) in [7, 11) is 1.58. The van der Waals surface area contributed by atoms with Crippen LogP contribution < -0.4 is 5.73 Å². The Kier molecular flexibility index (Phi) is 3.04. The normalized spacial score (nSPS) is 14.6. The first kappa shape index (κ1) is 12.8. The van der Waals surface area contributed by atoms with Gasteiger partial charge in [-0.25, -0.2) is 0 Å². The molecule has 0 aliphatic carbocycles. The highest BCUT2D eigenvalue weighted by Gasteiger charge is 2.28. The van der Waals surface area contributed by atoms with Crippen molar-refractivity contribution in [1.82, 2.24) is 10.1 Å². The highest BCUT2D eigenvalue weighted by molar-refractivity contribution is 5.91. The molecule has 3 aromatic rings. The Labute approximate surface area is 115 Å². The van der Waals surface area contributed by atoms with Crippen LogP contribution in [0, 0.1) is 0 Å². The van der Waals surface area contributed by atoms with Gasteiger partial charge in [0, 0.05) is 12.5 Å². The van der Waals surface area contributed by atoms with Crippen LogP contribution >= 0.6 is 0 Å². The number of nitrogens with two attached hydrogens (primary N) is 1. The van der Waals surface area contributed by atoms with Crippen molar-refractivity contribution in [3.63, 3.8) is 0 Å². The minimum absolute atomic E-state index is 0.304. The van der Waals surface area contributed by atoms with Crippen molar-refractivity contribution in [1.29, 1.82) is 0 Å². The van der Waals surface area contributed by atoms with E-state index in [4.69, 9.17) is 19.4 Å². The van der Waals surface area contributed by atoms with Gasteiger partial charge in [-0.15, -0.1) is 0 Å². The van der Waals surface area contributed by atoms with Crippen LogP contribution in [0.25, 0.3) is 22.4 Å². The van der Waals surface area contributed by atoms with Crippen LogP contribution in [0.4, 0.5) is 0 Å². The summed E-state index contributed by atoms with van der Waals surface area (Å²) in [6.07, 6.45) is 1.60. The number of ether oxygens (including phenoxy) is 1. The summed E-state index contributed by atoms with van der Waals surface area (Å²) in [6.45, 7) is 2.09. The molecule has 1 unspecified atom stereocenters. The molecule has 2 N–H and O–H groups in total. The van der Waals surface area contributed by atoms with Gasteiger partial charge >= 0.3 is 0 Å². The van der Waals surface area contributed by atoms with Gasteiger partial charge in [0.2, 0.25) is 0 Å². The lowest BCUT2D eigenvalue weighted by atomic mass is 10.1. The minimum Gasteiger partial charge on any atom is -0.463 e. The van der Waals surface area contributed by atoms with Gasteiger partial charge in [0.25, 0.3) is 5.89 Å². The smallest absolute Gasteiger partial charge is 0.261 e. The Bertz CT molecular complexity index is 730. The van der Waals surface area contributed by atoms with Gasteiger partial charge < -0.3 is 19.4 Å². The van der Waals surface area contributed by atoms with Crippen molar-refractivity contribution in [2.45, 2.75) is 12.5 Å². The van der Waals surface area contributed by atoms with E-state index in [0.29, 0.717) is 18.3 Å². The van der Waals surface area contributed by atoms with Gasteiger partial charge in [0.05, 0.1) is 12.2 Å². The molecule has 0 bridgehead atoms. The fourth-order valence-electron chi connectivity index (χ4n) is 2.07. The summed E-state index contributed by atoms with van der Waals surface area (Å²) in [5.41, 5.74) is 6.83. The molecule has 0 aliphatic rings. The molecular weight excluding hydrogens is 258 g/mol. The van der Waals surface area contributed by atoms with E-state index in [2.05, 4.69) is 10.1 Å². The fourth-order valence-corrected chi connectivity index (χ4v) is 2.07. The number of hydrogen-bond donors (Lipinski definition) is 1. The largest absolute Gasteiger partial charge is 0.463 e. The fraction of sp³-hybridized carbons (Fsp3) is 0.286. The quantitative estimate of drug-likeness (QED) is 0.784. The second-order valence-corrected chi connectivity index (χ2v) is 4.92. The maximum Gasteiger partial charge on any atom is 0.261 e. The number of para-hydroxylation sites is 1. The first-order chi connectivity index (χ1) is 9.62. The summed E-state index contributed by atoms with van der Waals surface area (Å²) in [5.74, 6) is 0.789. The molecule has 6 nitrogen and oxygen atoms in total. The van der Waals surface area contributed by atoms with Crippen LogP contribution in [0.5, 0.6) is 0 Å². The molecule has 6 heteroatoms. The van der Waals surface area contributed by atoms with E-state index in [1.807, 2.05) is 24.3 Å². The molecule has 104 valence electrons. The number of benzene rings is 1. The highest BCUT2D eigenvalue weighted by Crippen LogP contribution is 2.30. The van der Waals surface area contributed by atoms with Crippen LogP contribution in [0.1, 0.15) is 12.7 Å². The average molecular weight is 273 g/mol. The van der Waals surface area contributed by atoms with Gasteiger partial charge in [-0.1, -0.05) is 23.4 Å². The van der Waals surface area contributed by atoms with E-state index < -0.39 is 5.54 Å². The predicted molar refractivity (Wildman–Crippen MR) is 72.9 cm³/mol. The zero-order valence-electron chi connectivity index (χ0n) is 11.3. The van der Waals surface area contributed by atoms with Crippen molar-refractivity contribution >= 4 is 11.0 Å². The molecule has 3 rings (SSSR count). The monoisotopic (exact) mass is 273 g/mol. The lowest BCUT2D eigenvalue weighted by Gasteiger charge is -2.18. The third-order valence-electron chi connectivity index (χ3n) is 3.09. The number of rotatable bonds is 4. The Balaban J connectivity index is 2.02.